The molecule has 0 aliphatic rings. The second kappa shape index (κ2) is 4.00. The maximum Gasteiger partial charge on any atom is 0.213 e. The lowest BCUT2D eigenvalue weighted by atomic mass is 10.1. The second-order valence-electron chi connectivity index (χ2n) is 2.59. The minimum atomic E-state index is -1.05. The summed E-state index contributed by atoms with van der Waals surface area (Å²) in [6, 6.07) is 3.29. The van der Waals surface area contributed by atoms with Gasteiger partial charge in [-0.1, -0.05) is 0 Å². The molecule has 4 heteroatoms. The van der Waals surface area contributed by atoms with E-state index in [-0.39, 0.29) is 5.69 Å². The molecule has 0 amide bonds. The first-order valence-electron chi connectivity index (χ1n) is 3.88. The number of carbonyl (C=O) groups is 1. The van der Waals surface area contributed by atoms with E-state index in [2.05, 4.69) is 4.98 Å². The van der Waals surface area contributed by atoms with Crippen LogP contribution in [0.2, 0.25) is 0 Å². The summed E-state index contributed by atoms with van der Waals surface area (Å²) in [7, 11) is 1.45. The lowest BCUT2D eigenvalue weighted by Gasteiger charge is -2.06. The van der Waals surface area contributed by atoms with Crippen LogP contribution in [0.4, 0.5) is 0 Å². The van der Waals surface area contributed by atoms with Gasteiger partial charge in [0, 0.05) is 6.20 Å². The van der Waals surface area contributed by atoms with Crippen molar-refractivity contribution in [2.24, 2.45) is 0 Å². The van der Waals surface area contributed by atoms with Crippen LogP contribution in [0.25, 0.3) is 0 Å². The van der Waals surface area contributed by atoms with E-state index in [0.717, 1.165) is 0 Å². The maximum absolute atomic E-state index is 11.3. The predicted molar refractivity (Wildman–Crippen MR) is 46.8 cm³/mol. The molecule has 0 bridgehead atoms. The summed E-state index contributed by atoms with van der Waals surface area (Å²) in [6.45, 7) is 1.40. The topological polar surface area (TPSA) is 59.4 Å². The van der Waals surface area contributed by atoms with Crippen molar-refractivity contribution in [2.45, 2.75) is 13.0 Å². The van der Waals surface area contributed by atoms with Crippen LogP contribution >= 0.6 is 0 Å². The van der Waals surface area contributed by atoms with Gasteiger partial charge in [0.25, 0.3) is 0 Å². The third-order valence-corrected chi connectivity index (χ3v) is 1.60. The minimum Gasteiger partial charge on any atom is -0.494 e. The number of carbonyl (C=O) groups excluding carboxylic acids is 1. The molecule has 0 aliphatic carbocycles. The summed E-state index contributed by atoms with van der Waals surface area (Å²) in [4.78, 5) is 15.2. The standard InChI is InChI=1S/C9H11NO3/c1-6(11)9(12)8-7(13-2)4-3-5-10-8/h3-6,11H,1-2H3. The lowest BCUT2D eigenvalue weighted by Crippen LogP contribution is -2.18. The molecule has 1 aromatic rings. The summed E-state index contributed by atoms with van der Waals surface area (Å²) in [5.41, 5.74) is 0.167. The molecule has 0 aliphatic heterocycles. The van der Waals surface area contributed by atoms with Gasteiger partial charge < -0.3 is 9.84 Å². The average Bonchev–Trinajstić information content (AvgIpc) is 2.16. The monoisotopic (exact) mass is 181 g/mol. The van der Waals surface area contributed by atoms with Gasteiger partial charge in [0.1, 0.15) is 11.9 Å². The number of aromatic nitrogens is 1. The molecule has 1 rings (SSSR count). The van der Waals surface area contributed by atoms with E-state index >= 15 is 0 Å². The number of ether oxygens (including phenoxy) is 1. The molecule has 0 saturated heterocycles. The Balaban J connectivity index is 3.06. The summed E-state index contributed by atoms with van der Waals surface area (Å²) >= 11 is 0. The quantitative estimate of drug-likeness (QED) is 0.695. The highest BCUT2D eigenvalue weighted by molar-refractivity contribution is 5.99. The second-order valence-corrected chi connectivity index (χ2v) is 2.59. The molecular formula is C9H11NO3. The highest BCUT2D eigenvalue weighted by Crippen LogP contribution is 2.15. The van der Waals surface area contributed by atoms with Gasteiger partial charge in [-0.3, -0.25) is 4.79 Å². The molecule has 1 aromatic heterocycles. The molecule has 1 N–H and O–H groups in total. The fraction of sp³-hybridized carbons (Fsp3) is 0.333. The zero-order valence-corrected chi connectivity index (χ0v) is 7.52. The van der Waals surface area contributed by atoms with E-state index in [4.69, 9.17) is 9.84 Å². The molecule has 0 fully saturated rings. The minimum absolute atomic E-state index is 0.167. The van der Waals surface area contributed by atoms with Gasteiger partial charge in [-0.15, -0.1) is 0 Å². The molecule has 70 valence electrons. The van der Waals surface area contributed by atoms with Crippen molar-refractivity contribution in [3.63, 3.8) is 0 Å². The van der Waals surface area contributed by atoms with Gasteiger partial charge in [0.2, 0.25) is 5.78 Å². The van der Waals surface area contributed by atoms with Crippen molar-refractivity contribution in [3.05, 3.63) is 24.0 Å². The average molecular weight is 181 g/mol. The van der Waals surface area contributed by atoms with Gasteiger partial charge in [-0.2, -0.15) is 0 Å². The summed E-state index contributed by atoms with van der Waals surface area (Å²) in [5, 5.41) is 9.05. The van der Waals surface area contributed by atoms with Crippen LogP contribution in [-0.2, 0) is 0 Å². The Labute approximate surface area is 76.2 Å². The number of hydrogen-bond acceptors (Lipinski definition) is 4. The van der Waals surface area contributed by atoms with E-state index in [1.165, 1.54) is 20.2 Å². The van der Waals surface area contributed by atoms with Crippen LogP contribution in [0.1, 0.15) is 17.4 Å². The molecule has 0 spiro atoms. The predicted octanol–water partition coefficient (Wildman–Crippen LogP) is 0.654. The zero-order chi connectivity index (χ0) is 9.84. The molecule has 1 atom stereocenters. The van der Waals surface area contributed by atoms with Gasteiger partial charge >= 0.3 is 0 Å². The Morgan fingerprint density at radius 1 is 1.69 bits per heavy atom. The SMILES string of the molecule is COc1cccnc1C(=O)C(C)O. The van der Waals surface area contributed by atoms with E-state index in [0.29, 0.717) is 5.75 Å². The fourth-order valence-corrected chi connectivity index (χ4v) is 0.938. The number of ketones is 1. The maximum atomic E-state index is 11.3. The Morgan fingerprint density at radius 3 is 2.92 bits per heavy atom. The Hall–Kier alpha value is -1.42. The van der Waals surface area contributed by atoms with Crippen LogP contribution in [0.5, 0.6) is 5.75 Å². The van der Waals surface area contributed by atoms with Crippen LogP contribution in [0.3, 0.4) is 0 Å². The van der Waals surface area contributed by atoms with Crippen LogP contribution in [0.15, 0.2) is 18.3 Å². The summed E-state index contributed by atoms with van der Waals surface area (Å²) in [6.07, 6.45) is 0.432. The Bertz CT molecular complexity index is 309. The zero-order valence-electron chi connectivity index (χ0n) is 7.52. The molecule has 13 heavy (non-hydrogen) atoms. The molecule has 1 unspecified atom stereocenters. The van der Waals surface area contributed by atoms with Crippen LogP contribution in [-0.4, -0.2) is 29.1 Å². The molecule has 1 heterocycles. The first-order chi connectivity index (χ1) is 6.16. The van der Waals surface area contributed by atoms with E-state index in [1.54, 1.807) is 12.1 Å². The van der Waals surface area contributed by atoms with Crippen molar-refractivity contribution < 1.29 is 14.6 Å². The van der Waals surface area contributed by atoms with E-state index in [1.807, 2.05) is 0 Å². The fourth-order valence-electron chi connectivity index (χ4n) is 0.938. The van der Waals surface area contributed by atoms with E-state index in [9.17, 15) is 4.79 Å². The van der Waals surface area contributed by atoms with Crippen molar-refractivity contribution in [1.29, 1.82) is 0 Å². The first-order valence-corrected chi connectivity index (χ1v) is 3.88. The number of rotatable bonds is 3. The number of pyridine rings is 1. The van der Waals surface area contributed by atoms with Crippen molar-refractivity contribution in [1.82, 2.24) is 4.98 Å². The Kier molecular flexibility index (Phi) is 2.97. The number of Topliss-reactive ketones (excluding diaryl/α,β-unsaturated/α-hetero) is 1. The summed E-state index contributed by atoms with van der Waals surface area (Å²) < 4.78 is 4.92. The molecular weight excluding hydrogens is 170 g/mol. The van der Waals surface area contributed by atoms with E-state index < -0.39 is 11.9 Å². The number of hydrogen-bond donors (Lipinski definition) is 1. The number of methoxy groups -OCH3 is 1. The van der Waals surface area contributed by atoms with Gasteiger partial charge in [-0.25, -0.2) is 4.98 Å². The Morgan fingerprint density at radius 2 is 2.38 bits per heavy atom. The third-order valence-electron chi connectivity index (χ3n) is 1.60. The number of nitrogens with zero attached hydrogens (tertiary/aromatic N) is 1. The largest absolute Gasteiger partial charge is 0.494 e. The number of aliphatic hydroxyl groups excluding tert-OH is 1. The molecule has 4 nitrogen and oxygen atoms in total. The third kappa shape index (κ3) is 2.03. The highest BCUT2D eigenvalue weighted by atomic mass is 16.5. The molecule has 0 radical (unpaired) electrons. The van der Waals surface area contributed by atoms with Gasteiger partial charge in [0.05, 0.1) is 7.11 Å². The van der Waals surface area contributed by atoms with Gasteiger partial charge in [0.15, 0.2) is 5.69 Å². The number of aliphatic hydroxyl groups is 1. The van der Waals surface area contributed by atoms with Crippen molar-refractivity contribution in [2.75, 3.05) is 7.11 Å². The normalized spacial score (nSPS) is 12.2. The lowest BCUT2D eigenvalue weighted by molar-refractivity contribution is 0.0770. The van der Waals surface area contributed by atoms with Crippen LogP contribution < -0.4 is 4.74 Å². The smallest absolute Gasteiger partial charge is 0.213 e. The summed E-state index contributed by atoms with van der Waals surface area (Å²) in [5.74, 6) is -0.0501. The highest BCUT2D eigenvalue weighted by Gasteiger charge is 2.17. The van der Waals surface area contributed by atoms with Crippen molar-refractivity contribution in [3.8, 4) is 5.75 Å². The van der Waals surface area contributed by atoms with Crippen LogP contribution in [0, 0.1) is 0 Å². The van der Waals surface area contributed by atoms with Crippen molar-refractivity contribution >= 4 is 5.78 Å². The first kappa shape index (κ1) is 9.67. The van der Waals surface area contributed by atoms with Gasteiger partial charge in [-0.05, 0) is 19.1 Å². The molecule has 0 saturated carbocycles. The molecule has 0 aromatic carbocycles.